The maximum absolute atomic E-state index is 6.79. The van der Waals surface area contributed by atoms with Crippen molar-refractivity contribution < 1.29 is 4.42 Å². The summed E-state index contributed by atoms with van der Waals surface area (Å²) in [6.07, 6.45) is 0. The zero-order valence-corrected chi connectivity index (χ0v) is 34.8. The van der Waals surface area contributed by atoms with E-state index in [9.17, 15) is 0 Å². The standard InChI is InChI=1S/C60H39N3O/c1-3-14-40(15-4-1)41-26-31-45(32-27-41)61(46-33-28-42(29-34-46)43-30-37-56-52(38-43)50-20-9-10-21-53(50)62(56)44-16-5-2-6-17-44)47-35-36-51-59(39-47)64-58-25-13-24-57(60(51)58)63-54-22-11-7-18-48(54)49-19-8-12-23-55(49)63/h1-39H. The Balaban J connectivity index is 0.934. The predicted octanol–water partition coefficient (Wildman–Crippen LogP) is 16.6. The zero-order chi connectivity index (χ0) is 42.1. The van der Waals surface area contributed by atoms with Crippen LogP contribution < -0.4 is 4.90 Å². The summed E-state index contributed by atoms with van der Waals surface area (Å²) in [5.41, 5.74) is 16.5. The second-order valence-electron chi connectivity index (χ2n) is 16.5. The molecule has 0 aliphatic carbocycles. The van der Waals surface area contributed by atoms with Crippen LogP contribution >= 0.6 is 0 Å². The van der Waals surface area contributed by atoms with Gasteiger partial charge in [0.05, 0.1) is 33.1 Å². The Kier molecular flexibility index (Phi) is 8.18. The molecule has 4 nitrogen and oxygen atoms in total. The largest absolute Gasteiger partial charge is 0.456 e. The third-order valence-electron chi connectivity index (χ3n) is 12.9. The Morgan fingerprint density at radius 3 is 1.45 bits per heavy atom. The summed E-state index contributed by atoms with van der Waals surface area (Å²) >= 11 is 0. The van der Waals surface area contributed by atoms with Crippen molar-refractivity contribution in [1.29, 1.82) is 0 Å². The van der Waals surface area contributed by atoms with Crippen molar-refractivity contribution in [1.82, 2.24) is 9.13 Å². The number of para-hydroxylation sites is 4. The average Bonchev–Trinajstić information content (AvgIpc) is 4.02. The second-order valence-corrected chi connectivity index (χ2v) is 16.5. The quantitative estimate of drug-likeness (QED) is 0.160. The maximum atomic E-state index is 6.79. The van der Waals surface area contributed by atoms with Crippen molar-refractivity contribution in [2.45, 2.75) is 0 Å². The maximum Gasteiger partial charge on any atom is 0.137 e. The lowest BCUT2D eigenvalue weighted by atomic mass is 10.0. The number of rotatable bonds is 7. The minimum Gasteiger partial charge on any atom is -0.456 e. The molecule has 13 aromatic rings. The molecule has 13 rings (SSSR count). The monoisotopic (exact) mass is 817 g/mol. The third kappa shape index (κ3) is 5.70. The summed E-state index contributed by atoms with van der Waals surface area (Å²) in [5, 5.41) is 7.13. The molecule has 0 saturated heterocycles. The van der Waals surface area contributed by atoms with Gasteiger partial charge in [-0.25, -0.2) is 0 Å². The highest BCUT2D eigenvalue weighted by molar-refractivity contribution is 6.15. The lowest BCUT2D eigenvalue weighted by Gasteiger charge is -2.26. The molecule has 0 unspecified atom stereocenters. The van der Waals surface area contributed by atoms with Gasteiger partial charge in [0, 0.05) is 55.7 Å². The molecule has 0 amide bonds. The summed E-state index contributed by atoms with van der Waals surface area (Å²) < 4.78 is 11.5. The number of anilines is 3. The first kappa shape index (κ1) is 36.1. The number of hydrogen-bond donors (Lipinski definition) is 0. The van der Waals surface area contributed by atoms with Crippen molar-refractivity contribution in [3.8, 4) is 33.6 Å². The number of benzene rings is 10. The van der Waals surface area contributed by atoms with Crippen molar-refractivity contribution in [2.75, 3.05) is 4.90 Å². The van der Waals surface area contributed by atoms with Gasteiger partial charge < -0.3 is 18.5 Å². The SMILES string of the molecule is c1ccc(-c2ccc(N(c3ccc(-c4ccc5c(c4)c4ccccc4n5-c4ccccc4)cc3)c3ccc4c(c3)oc3cccc(-n5c6ccccc6c6ccccc65)c34)cc2)cc1. The van der Waals surface area contributed by atoms with E-state index in [0.717, 1.165) is 55.9 Å². The van der Waals surface area contributed by atoms with Crippen molar-refractivity contribution in [3.05, 3.63) is 237 Å². The van der Waals surface area contributed by atoms with Gasteiger partial charge >= 0.3 is 0 Å². The van der Waals surface area contributed by atoms with Crippen LogP contribution in [0.15, 0.2) is 241 Å². The van der Waals surface area contributed by atoms with Crippen LogP contribution in [0, 0.1) is 0 Å². The van der Waals surface area contributed by atoms with Gasteiger partial charge in [-0.2, -0.15) is 0 Å². The van der Waals surface area contributed by atoms with Gasteiger partial charge in [-0.1, -0.05) is 140 Å². The topological polar surface area (TPSA) is 26.2 Å². The van der Waals surface area contributed by atoms with E-state index in [1.165, 1.54) is 60.3 Å². The fourth-order valence-corrected chi connectivity index (χ4v) is 9.99. The molecule has 0 radical (unpaired) electrons. The minimum absolute atomic E-state index is 0.839. The van der Waals surface area contributed by atoms with Gasteiger partial charge in [-0.15, -0.1) is 0 Å². The van der Waals surface area contributed by atoms with E-state index in [0.29, 0.717) is 0 Å². The van der Waals surface area contributed by atoms with E-state index in [-0.39, 0.29) is 0 Å². The first-order valence-electron chi connectivity index (χ1n) is 21.8. The highest BCUT2D eigenvalue weighted by Crippen LogP contribution is 2.43. The van der Waals surface area contributed by atoms with Crippen LogP contribution in [0.25, 0.3) is 99.2 Å². The Bertz CT molecular complexity index is 3820. The van der Waals surface area contributed by atoms with Crippen LogP contribution in [0.2, 0.25) is 0 Å². The molecule has 3 aromatic heterocycles. The molecule has 300 valence electrons. The molecular formula is C60H39N3O. The van der Waals surface area contributed by atoms with Crippen LogP contribution in [-0.4, -0.2) is 9.13 Å². The highest BCUT2D eigenvalue weighted by atomic mass is 16.3. The smallest absolute Gasteiger partial charge is 0.137 e. The average molecular weight is 818 g/mol. The first-order valence-corrected chi connectivity index (χ1v) is 21.8. The van der Waals surface area contributed by atoms with Gasteiger partial charge in [0.25, 0.3) is 0 Å². The number of fused-ring (bicyclic) bond motifs is 9. The molecule has 0 N–H and O–H groups in total. The summed E-state index contributed by atoms with van der Waals surface area (Å²) in [7, 11) is 0. The second kappa shape index (κ2) is 14.5. The number of furan rings is 1. The molecule has 0 aliphatic rings. The normalized spacial score (nSPS) is 11.8. The number of hydrogen-bond acceptors (Lipinski definition) is 2. The van der Waals surface area contributed by atoms with E-state index in [1.54, 1.807) is 0 Å². The molecule has 0 spiro atoms. The molecule has 0 saturated carbocycles. The molecule has 3 heterocycles. The summed E-state index contributed by atoms with van der Waals surface area (Å²) in [6, 6.07) is 85.0. The lowest BCUT2D eigenvalue weighted by molar-refractivity contribution is 0.669. The van der Waals surface area contributed by atoms with E-state index in [2.05, 4.69) is 251 Å². The third-order valence-corrected chi connectivity index (χ3v) is 12.9. The summed E-state index contributed by atoms with van der Waals surface area (Å²) in [6.45, 7) is 0. The van der Waals surface area contributed by atoms with E-state index >= 15 is 0 Å². The molecule has 4 heteroatoms. The summed E-state index contributed by atoms with van der Waals surface area (Å²) in [5.74, 6) is 0. The Morgan fingerprint density at radius 1 is 0.297 bits per heavy atom. The van der Waals surface area contributed by atoms with E-state index in [1.807, 2.05) is 0 Å². The van der Waals surface area contributed by atoms with Crippen molar-refractivity contribution >= 4 is 82.6 Å². The van der Waals surface area contributed by atoms with Gasteiger partial charge in [-0.05, 0) is 113 Å². The van der Waals surface area contributed by atoms with E-state index in [4.69, 9.17) is 4.42 Å². The van der Waals surface area contributed by atoms with Crippen LogP contribution in [0.3, 0.4) is 0 Å². The molecular weight excluding hydrogens is 779 g/mol. The van der Waals surface area contributed by atoms with Crippen molar-refractivity contribution in [2.24, 2.45) is 0 Å². The fourth-order valence-electron chi connectivity index (χ4n) is 9.99. The van der Waals surface area contributed by atoms with Gasteiger partial charge in [-0.3, -0.25) is 0 Å². The number of aromatic nitrogens is 2. The Labute approximate surface area is 369 Å². The number of nitrogens with zero attached hydrogens (tertiary/aromatic N) is 3. The summed E-state index contributed by atoms with van der Waals surface area (Å²) in [4.78, 5) is 2.33. The van der Waals surface area contributed by atoms with Crippen LogP contribution in [0.4, 0.5) is 17.1 Å². The molecule has 64 heavy (non-hydrogen) atoms. The molecule has 0 bridgehead atoms. The van der Waals surface area contributed by atoms with Gasteiger partial charge in [0.15, 0.2) is 0 Å². The zero-order valence-electron chi connectivity index (χ0n) is 34.8. The predicted molar refractivity (Wildman–Crippen MR) is 268 cm³/mol. The first-order chi connectivity index (χ1) is 31.7. The minimum atomic E-state index is 0.839. The van der Waals surface area contributed by atoms with Crippen LogP contribution in [0.5, 0.6) is 0 Å². The van der Waals surface area contributed by atoms with Gasteiger partial charge in [0.2, 0.25) is 0 Å². The fraction of sp³-hybridized carbons (Fsp3) is 0. The van der Waals surface area contributed by atoms with Gasteiger partial charge in [0.1, 0.15) is 11.2 Å². The highest BCUT2D eigenvalue weighted by Gasteiger charge is 2.20. The Morgan fingerprint density at radius 2 is 0.797 bits per heavy atom. The van der Waals surface area contributed by atoms with Crippen molar-refractivity contribution in [3.63, 3.8) is 0 Å². The van der Waals surface area contributed by atoms with Crippen LogP contribution in [0.1, 0.15) is 0 Å². The Hall–Kier alpha value is -8.60. The lowest BCUT2D eigenvalue weighted by Crippen LogP contribution is -2.09. The van der Waals surface area contributed by atoms with E-state index < -0.39 is 0 Å². The molecule has 0 fully saturated rings. The molecule has 0 atom stereocenters. The van der Waals surface area contributed by atoms with Crippen LogP contribution in [-0.2, 0) is 0 Å². The molecule has 10 aromatic carbocycles. The molecule has 0 aliphatic heterocycles.